The van der Waals surface area contributed by atoms with Gasteiger partial charge in [0, 0.05) is 25.5 Å². The Labute approximate surface area is 221 Å². The van der Waals surface area contributed by atoms with Crippen LogP contribution in [-0.4, -0.2) is 36.7 Å². The van der Waals surface area contributed by atoms with Crippen molar-refractivity contribution in [2.75, 3.05) is 14.2 Å². The summed E-state index contributed by atoms with van der Waals surface area (Å²) in [5.74, 6) is -0.796. The zero-order valence-corrected chi connectivity index (χ0v) is 22.1. The van der Waals surface area contributed by atoms with E-state index in [1.807, 2.05) is 0 Å². The molecule has 10 nitrogen and oxygen atoms in total. The number of benzene rings is 2. The predicted molar refractivity (Wildman–Crippen MR) is 138 cm³/mol. The van der Waals surface area contributed by atoms with Crippen LogP contribution in [0.25, 0.3) is 6.08 Å². The SMILES string of the molecule is COC(=O)C1=C(C)N=c2sc(=Cc3ccc(OC(C)=O)cc3OC(C)=O)c(=O)n2[C@@H]1c1ccc(OC)cc1. The summed E-state index contributed by atoms with van der Waals surface area (Å²) in [6.07, 6.45) is 1.56. The van der Waals surface area contributed by atoms with Gasteiger partial charge in [0.05, 0.1) is 36.1 Å². The van der Waals surface area contributed by atoms with E-state index in [9.17, 15) is 19.2 Å². The second kappa shape index (κ2) is 10.9. The molecule has 0 spiro atoms. The number of methoxy groups -OCH3 is 2. The van der Waals surface area contributed by atoms with Crippen molar-refractivity contribution in [2.24, 2.45) is 4.99 Å². The molecule has 0 amide bonds. The van der Waals surface area contributed by atoms with E-state index >= 15 is 0 Å². The lowest BCUT2D eigenvalue weighted by molar-refractivity contribution is -0.137. The Morgan fingerprint density at radius 1 is 0.974 bits per heavy atom. The maximum absolute atomic E-state index is 13.7. The molecule has 4 rings (SSSR count). The third-order valence-electron chi connectivity index (χ3n) is 5.65. The van der Waals surface area contributed by atoms with Gasteiger partial charge in [0.2, 0.25) is 0 Å². The van der Waals surface area contributed by atoms with Crippen molar-refractivity contribution in [2.45, 2.75) is 26.8 Å². The number of hydrogen-bond donors (Lipinski definition) is 0. The number of carbonyl (C=O) groups is 3. The third-order valence-corrected chi connectivity index (χ3v) is 6.63. The van der Waals surface area contributed by atoms with Crippen LogP contribution in [0.4, 0.5) is 0 Å². The van der Waals surface area contributed by atoms with Crippen LogP contribution >= 0.6 is 11.3 Å². The molecule has 38 heavy (non-hydrogen) atoms. The van der Waals surface area contributed by atoms with Gasteiger partial charge in [0.1, 0.15) is 17.2 Å². The molecule has 0 N–H and O–H groups in total. The molecular weight excluding hydrogens is 512 g/mol. The van der Waals surface area contributed by atoms with Gasteiger partial charge in [-0.2, -0.15) is 0 Å². The lowest BCUT2D eigenvalue weighted by atomic mass is 9.96. The van der Waals surface area contributed by atoms with Crippen LogP contribution < -0.4 is 29.1 Å². The molecule has 0 radical (unpaired) electrons. The highest BCUT2D eigenvalue weighted by Crippen LogP contribution is 2.31. The number of fused-ring (bicyclic) bond motifs is 1. The van der Waals surface area contributed by atoms with Crippen LogP contribution in [0.3, 0.4) is 0 Å². The molecule has 0 saturated heterocycles. The van der Waals surface area contributed by atoms with E-state index in [1.165, 1.54) is 37.7 Å². The van der Waals surface area contributed by atoms with Gasteiger partial charge in [-0.15, -0.1) is 0 Å². The van der Waals surface area contributed by atoms with Crippen LogP contribution in [0.2, 0.25) is 0 Å². The summed E-state index contributed by atoms with van der Waals surface area (Å²) in [4.78, 5) is 54.5. The first kappa shape index (κ1) is 26.6. The minimum atomic E-state index is -0.786. The molecule has 2 heterocycles. The predicted octanol–water partition coefficient (Wildman–Crippen LogP) is 2.27. The first-order valence-electron chi connectivity index (χ1n) is 11.4. The van der Waals surface area contributed by atoms with Crippen LogP contribution in [0.15, 0.2) is 63.5 Å². The minimum Gasteiger partial charge on any atom is -0.497 e. The summed E-state index contributed by atoms with van der Waals surface area (Å²) in [7, 11) is 2.82. The van der Waals surface area contributed by atoms with Gasteiger partial charge in [-0.25, -0.2) is 9.79 Å². The fourth-order valence-electron chi connectivity index (χ4n) is 4.04. The molecule has 3 aromatic rings. The number of ether oxygens (including phenoxy) is 4. The molecule has 2 aromatic carbocycles. The van der Waals surface area contributed by atoms with E-state index in [0.717, 1.165) is 11.3 Å². The lowest BCUT2D eigenvalue weighted by Crippen LogP contribution is -2.39. The Morgan fingerprint density at radius 3 is 2.24 bits per heavy atom. The third kappa shape index (κ3) is 5.28. The molecule has 1 aromatic heterocycles. The normalized spacial score (nSPS) is 14.9. The van der Waals surface area contributed by atoms with Gasteiger partial charge in [0.25, 0.3) is 5.56 Å². The van der Waals surface area contributed by atoms with E-state index in [2.05, 4.69) is 4.99 Å². The van der Waals surface area contributed by atoms with Crippen molar-refractivity contribution in [1.82, 2.24) is 4.57 Å². The molecule has 1 aliphatic rings. The molecule has 196 valence electrons. The maximum atomic E-state index is 13.7. The lowest BCUT2D eigenvalue weighted by Gasteiger charge is -2.24. The Bertz CT molecular complexity index is 1650. The van der Waals surface area contributed by atoms with E-state index in [-0.39, 0.29) is 21.6 Å². The number of allylic oxidation sites excluding steroid dienone is 1. The molecule has 0 aliphatic carbocycles. The summed E-state index contributed by atoms with van der Waals surface area (Å²) in [5.41, 5.74) is 1.34. The second-order valence-electron chi connectivity index (χ2n) is 8.23. The topological polar surface area (TPSA) is 122 Å². The smallest absolute Gasteiger partial charge is 0.338 e. The summed E-state index contributed by atoms with van der Waals surface area (Å²) < 4.78 is 22.4. The van der Waals surface area contributed by atoms with Gasteiger partial charge in [-0.05, 0) is 42.8 Å². The Balaban J connectivity index is 1.92. The van der Waals surface area contributed by atoms with Crippen LogP contribution in [-0.2, 0) is 19.1 Å². The number of hydrogen-bond acceptors (Lipinski definition) is 10. The molecule has 11 heteroatoms. The van der Waals surface area contributed by atoms with E-state index in [0.29, 0.717) is 27.4 Å². The van der Waals surface area contributed by atoms with E-state index in [4.69, 9.17) is 18.9 Å². The molecule has 1 atom stereocenters. The quantitative estimate of drug-likeness (QED) is 0.347. The van der Waals surface area contributed by atoms with Crippen molar-refractivity contribution in [3.63, 3.8) is 0 Å². The fraction of sp³-hybridized carbons (Fsp3) is 0.222. The first-order valence-corrected chi connectivity index (χ1v) is 12.2. The monoisotopic (exact) mass is 536 g/mol. The Kier molecular flexibility index (Phi) is 7.58. The summed E-state index contributed by atoms with van der Waals surface area (Å²) >= 11 is 1.12. The summed E-state index contributed by atoms with van der Waals surface area (Å²) in [6.45, 7) is 4.18. The molecular formula is C27H24N2O8S. The first-order chi connectivity index (χ1) is 18.1. The zero-order chi connectivity index (χ0) is 27.6. The highest BCUT2D eigenvalue weighted by atomic mass is 32.1. The van der Waals surface area contributed by atoms with E-state index in [1.54, 1.807) is 50.4 Å². The number of carbonyl (C=O) groups excluding carboxylic acids is 3. The van der Waals surface area contributed by atoms with E-state index < -0.39 is 29.5 Å². The maximum Gasteiger partial charge on any atom is 0.338 e. The van der Waals surface area contributed by atoms with Crippen molar-refractivity contribution in [1.29, 1.82) is 0 Å². The number of thiazole rings is 1. The highest BCUT2D eigenvalue weighted by Gasteiger charge is 2.33. The molecule has 1 aliphatic heterocycles. The second-order valence-corrected chi connectivity index (χ2v) is 9.24. The number of esters is 3. The minimum absolute atomic E-state index is 0.111. The zero-order valence-electron chi connectivity index (χ0n) is 21.3. The van der Waals surface area contributed by atoms with Crippen molar-refractivity contribution in [3.8, 4) is 17.2 Å². The van der Waals surface area contributed by atoms with Gasteiger partial charge < -0.3 is 18.9 Å². The largest absolute Gasteiger partial charge is 0.497 e. The average Bonchev–Trinajstić information content (AvgIpc) is 3.18. The number of nitrogens with zero attached hydrogens (tertiary/aromatic N) is 2. The van der Waals surface area contributed by atoms with Gasteiger partial charge in [-0.3, -0.25) is 19.0 Å². The molecule has 0 saturated carbocycles. The molecule has 0 bridgehead atoms. The standard InChI is InChI=1S/C27H24N2O8S/c1-14-23(26(33)35-5)24(17-6-9-19(34-4)10-7-17)29-25(32)22(38-27(29)28-14)12-18-8-11-20(36-15(2)30)13-21(18)37-16(3)31/h6-13,24H,1-5H3/t24-/m1/s1. The van der Waals surface area contributed by atoms with Gasteiger partial charge in [0.15, 0.2) is 4.80 Å². The van der Waals surface area contributed by atoms with Crippen molar-refractivity contribution >= 4 is 35.3 Å². The van der Waals surface area contributed by atoms with Crippen LogP contribution in [0, 0.1) is 0 Å². The van der Waals surface area contributed by atoms with Crippen molar-refractivity contribution < 1.29 is 33.3 Å². The summed E-state index contributed by atoms with van der Waals surface area (Å²) in [6, 6.07) is 10.7. The molecule has 0 fully saturated rings. The fourth-order valence-corrected chi connectivity index (χ4v) is 5.08. The van der Waals surface area contributed by atoms with Crippen LogP contribution in [0.1, 0.15) is 37.9 Å². The Morgan fingerprint density at radius 2 is 1.63 bits per heavy atom. The molecule has 0 unspecified atom stereocenters. The highest BCUT2D eigenvalue weighted by molar-refractivity contribution is 7.07. The van der Waals surface area contributed by atoms with Gasteiger partial charge >= 0.3 is 17.9 Å². The van der Waals surface area contributed by atoms with Crippen molar-refractivity contribution in [3.05, 3.63) is 84.5 Å². The average molecular weight is 537 g/mol. The van der Waals surface area contributed by atoms with Crippen LogP contribution in [0.5, 0.6) is 17.2 Å². The Hall–Kier alpha value is -4.51. The number of rotatable bonds is 6. The number of aromatic nitrogens is 1. The van der Waals surface area contributed by atoms with Gasteiger partial charge in [-0.1, -0.05) is 23.5 Å². The summed E-state index contributed by atoms with van der Waals surface area (Å²) in [5, 5.41) is 0.